The van der Waals surface area contributed by atoms with Gasteiger partial charge in [0.15, 0.2) is 0 Å². The maximum absolute atomic E-state index is 13.7. The lowest BCUT2D eigenvalue weighted by molar-refractivity contribution is 0.236. The summed E-state index contributed by atoms with van der Waals surface area (Å²) >= 11 is 0. The smallest absolute Gasteiger partial charge is 0.254 e. The third-order valence-electron chi connectivity index (χ3n) is 3.67. The molecule has 0 spiro atoms. The molecule has 0 atom stereocenters. The number of fused-ring (bicyclic) bond motifs is 1. The third-order valence-corrected chi connectivity index (χ3v) is 3.67. The van der Waals surface area contributed by atoms with Crippen LogP contribution in [-0.4, -0.2) is 21.4 Å². The van der Waals surface area contributed by atoms with Crippen molar-refractivity contribution in [1.82, 2.24) is 14.9 Å². The Bertz CT molecular complexity index is 742. The second-order valence-electron chi connectivity index (χ2n) is 5.27. The Labute approximate surface area is 120 Å². The number of benzene rings is 1. The van der Waals surface area contributed by atoms with E-state index in [1.165, 1.54) is 6.07 Å². The fourth-order valence-electron chi connectivity index (χ4n) is 2.66. The van der Waals surface area contributed by atoms with Crippen LogP contribution in [0.3, 0.4) is 0 Å². The Balaban J connectivity index is 1.83. The molecule has 0 aliphatic carbocycles. The van der Waals surface area contributed by atoms with Gasteiger partial charge in [-0.25, -0.2) is 13.8 Å². The monoisotopic (exact) mass is 291 g/mol. The number of hydrogen-bond acceptors (Lipinski definition) is 3. The van der Waals surface area contributed by atoms with Gasteiger partial charge in [-0.05, 0) is 31.5 Å². The third kappa shape index (κ3) is 2.85. The maximum Gasteiger partial charge on any atom is 0.254 e. The van der Waals surface area contributed by atoms with Gasteiger partial charge in [-0.3, -0.25) is 9.69 Å². The van der Waals surface area contributed by atoms with Gasteiger partial charge in [-0.2, -0.15) is 0 Å². The minimum Gasteiger partial charge on any atom is -0.311 e. The van der Waals surface area contributed by atoms with E-state index in [9.17, 15) is 13.6 Å². The van der Waals surface area contributed by atoms with E-state index in [-0.39, 0.29) is 5.56 Å². The van der Waals surface area contributed by atoms with Crippen LogP contribution in [0.5, 0.6) is 0 Å². The molecule has 1 aliphatic rings. The van der Waals surface area contributed by atoms with Crippen molar-refractivity contribution < 1.29 is 8.78 Å². The SMILES string of the molecule is Cc1nc2c(c(=O)[nH]1)CCN(Cc1cc(F)ccc1F)C2. The van der Waals surface area contributed by atoms with Crippen LogP contribution in [-0.2, 0) is 19.5 Å². The van der Waals surface area contributed by atoms with E-state index in [0.29, 0.717) is 43.0 Å². The minimum absolute atomic E-state index is 0.103. The zero-order valence-corrected chi connectivity index (χ0v) is 11.6. The lowest BCUT2D eigenvalue weighted by Gasteiger charge is -2.27. The summed E-state index contributed by atoms with van der Waals surface area (Å²) in [7, 11) is 0. The van der Waals surface area contributed by atoms with Gasteiger partial charge in [0.25, 0.3) is 5.56 Å². The molecule has 0 fully saturated rings. The zero-order valence-electron chi connectivity index (χ0n) is 11.6. The molecule has 3 rings (SSSR count). The van der Waals surface area contributed by atoms with Crippen LogP contribution in [0.4, 0.5) is 8.78 Å². The number of aryl methyl sites for hydroxylation is 1. The van der Waals surface area contributed by atoms with Crippen LogP contribution in [0.15, 0.2) is 23.0 Å². The molecule has 0 unspecified atom stereocenters. The Kier molecular flexibility index (Phi) is 3.55. The van der Waals surface area contributed by atoms with E-state index in [1.54, 1.807) is 6.92 Å². The number of H-pyrrole nitrogens is 1. The molecule has 6 heteroatoms. The number of aromatic nitrogens is 2. The molecule has 1 aliphatic heterocycles. The predicted octanol–water partition coefficient (Wildman–Crippen LogP) is 1.91. The van der Waals surface area contributed by atoms with E-state index in [2.05, 4.69) is 9.97 Å². The van der Waals surface area contributed by atoms with Crippen LogP contribution < -0.4 is 5.56 Å². The summed E-state index contributed by atoms with van der Waals surface area (Å²) in [5.41, 5.74) is 1.63. The van der Waals surface area contributed by atoms with E-state index in [4.69, 9.17) is 0 Å². The lowest BCUT2D eigenvalue weighted by Crippen LogP contribution is -2.35. The molecule has 0 saturated carbocycles. The van der Waals surface area contributed by atoms with Gasteiger partial charge in [-0.1, -0.05) is 0 Å². The molecule has 110 valence electrons. The zero-order chi connectivity index (χ0) is 15.0. The molecule has 0 bridgehead atoms. The molecule has 1 aromatic heterocycles. The molecule has 2 aromatic rings. The van der Waals surface area contributed by atoms with Crippen LogP contribution in [0.25, 0.3) is 0 Å². The molecule has 0 saturated heterocycles. The number of rotatable bonds is 2. The first kappa shape index (κ1) is 13.9. The van der Waals surface area contributed by atoms with E-state index in [1.807, 2.05) is 4.90 Å². The van der Waals surface area contributed by atoms with Crippen molar-refractivity contribution in [2.45, 2.75) is 26.4 Å². The molecule has 4 nitrogen and oxygen atoms in total. The first-order valence-electron chi connectivity index (χ1n) is 6.78. The van der Waals surface area contributed by atoms with Gasteiger partial charge >= 0.3 is 0 Å². The minimum atomic E-state index is -0.450. The molecule has 0 amide bonds. The second-order valence-corrected chi connectivity index (χ2v) is 5.27. The molecule has 0 radical (unpaired) electrons. The fraction of sp³-hybridized carbons (Fsp3) is 0.333. The van der Waals surface area contributed by atoms with Gasteiger partial charge in [0.2, 0.25) is 0 Å². The van der Waals surface area contributed by atoms with Crippen molar-refractivity contribution in [2.24, 2.45) is 0 Å². The highest BCUT2D eigenvalue weighted by molar-refractivity contribution is 5.22. The highest BCUT2D eigenvalue weighted by Gasteiger charge is 2.21. The molecular formula is C15H15F2N3O. The van der Waals surface area contributed by atoms with Crippen molar-refractivity contribution in [1.29, 1.82) is 0 Å². The summed E-state index contributed by atoms with van der Waals surface area (Å²) in [6.45, 7) is 3.12. The van der Waals surface area contributed by atoms with Crippen molar-refractivity contribution in [3.05, 3.63) is 62.8 Å². The molecule has 1 N–H and O–H groups in total. The summed E-state index contributed by atoms with van der Waals surface area (Å²) in [4.78, 5) is 20.8. The highest BCUT2D eigenvalue weighted by atomic mass is 19.1. The molecular weight excluding hydrogens is 276 g/mol. The Morgan fingerprint density at radius 2 is 2.19 bits per heavy atom. The first-order chi connectivity index (χ1) is 10.0. The van der Waals surface area contributed by atoms with Gasteiger partial charge in [0.05, 0.1) is 5.69 Å². The molecule has 2 heterocycles. The number of hydrogen-bond donors (Lipinski definition) is 1. The Morgan fingerprint density at radius 3 is 3.00 bits per heavy atom. The van der Waals surface area contributed by atoms with Gasteiger partial charge in [-0.15, -0.1) is 0 Å². The van der Waals surface area contributed by atoms with E-state index < -0.39 is 11.6 Å². The van der Waals surface area contributed by atoms with E-state index >= 15 is 0 Å². The largest absolute Gasteiger partial charge is 0.311 e. The van der Waals surface area contributed by atoms with Crippen LogP contribution >= 0.6 is 0 Å². The van der Waals surface area contributed by atoms with Crippen molar-refractivity contribution in [2.75, 3.05) is 6.54 Å². The summed E-state index contributed by atoms with van der Waals surface area (Å²) < 4.78 is 26.9. The lowest BCUT2D eigenvalue weighted by atomic mass is 10.1. The quantitative estimate of drug-likeness (QED) is 0.919. The van der Waals surface area contributed by atoms with E-state index in [0.717, 1.165) is 17.8 Å². The summed E-state index contributed by atoms with van der Waals surface area (Å²) in [6.07, 6.45) is 0.564. The topological polar surface area (TPSA) is 49.0 Å². The number of nitrogens with one attached hydrogen (secondary N) is 1. The van der Waals surface area contributed by atoms with Gasteiger partial charge < -0.3 is 4.98 Å². The standard InChI is InChI=1S/C15H15F2N3O/c1-9-18-14-8-20(5-4-12(14)15(21)19-9)7-10-6-11(16)2-3-13(10)17/h2-3,6H,4-5,7-8H2,1H3,(H,18,19,21). The van der Waals surface area contributed by atoms with Crippen LogP contribution in [0, 0.1) is 18.6 Å². The Hall–Kier alpha value is -2.08. The normalized spacial score (nSPS) is 15.0. The van der Waals surface area contributed by atoms with Gasteiger partial charge in [0, 0.05) is 30.8 Å². The fourth-order valence-corrected chi connectivity index (χ4v) is 2.66. The summed E-state index contributed by atoms with van der Waals surface area (Å²) in [6, 6.07) is 3.45. The van der Waals surface area contributed by atoms with Crippen molar-refractivity contribution >= 4 is 0 Å². The number of nitrogens with zero attached hydrogens (tertiary/aromatic N) is 2. The predicted molar refractivity (Wildman–Crippen MR) is 73.8 cm³/mol. The first-order valence-corrected chi connectivity index (χ1v) is 6.78. The summed E-state index contributed by atoms with van der Waals surface area (Å²) in [5, 5.41) is 0. The Morgan fingerprint density at radius 1 is 1.38 bits per heavy atom. The molecule has 1 aromatic carbocycles. The average molecular weight is 291 g/mol. The number of halogens is 2. The van der Waals surface area contributed by atoms with Crippen molar-refractivity contribution in [3.63, 3.8) is 0 Å². The average Bonchev–Trinajstić information content (AvgIpc) is 2.42. The highest BCUT2D eigenvalue weighted by Crippen LogP contribution is 2.18. The molecule has 21 heavy (non-hydrogen) atoms. The van der Waals surface area contributed by atoms with Crippen LogP contribution in [0.2, 0.25) is 0 Å². The maximum atomic E-state index is 13.7. The summed E-state index contributed by atoms with van der Waals surface area (Å²) in [5.74, 6) is -0.302. The van der Waals surface area contributed by atoms with Gasteiger partial charge in [0.1, 0.15) is 17.5 Å². The number of aromatic amines is 1. The second kappa shape index (κ2) is 5.37. The van der Waals surface area contributed by atoms with Crippen LogP contribution in [0.1, 0.15) is 22.6 Å². The van der Waals surface area contributed by atoms with Crippen molar-refractivity contribution in [3.8, 4) is 0 Å².